The van der Waals surface area contributed by atoms with Gasteiger partial charge in [0.1, 0.15) is 5.82 Å². The molecule has 0 heterocycles. The zero-order valence-electron chi connectivity index (χ0n) is 10.5. The summed E-state index contributed by atoms with van der Waals surface area (Å²) in [5.74, 6) is -0.239. The fraction of sp³-hybridized carbons (Fsp3) is 0.200. The number of nitrogens with two attached hydrogens (primary N) is 1. The van der Waals surface area contributed by atoms with E-state index in [1.165, 1.54) is 12.1 Å². The molecule has 2 aromatic rings. The van der Waals surface area contributed by atoms with Crippen LogP contribution in [0.1, 0.15) is 22.7 Å². The monoisotopic (exact) mass is 385 g/mol. The second-order valence-corrected chi connectivity index (χ2v) is 6.26. The van der Waals surface area contributed by atoms with Crippen molar-refractivity contribution in [2.24, 2.45) is 5.73 Å². The number of hydrogen-bond acceptors (Lipinski definition) is 1. The second kappa shape index (κ2) is 6.16. The summed E-state index contributed by atoms with van der Waals surface area (Å²) < 4.78 is 15.2. The fourth-order valence-electron chi connectivity index (χ4n) is 1.95. The molecule has 0 aliphatic carbocycles. The molecule has 0 spiro atoms. The standard InChI is InChI=1S/C15H14Br2FN/c1-9-6-10(2-4-13(9)16)15(19)8-11-7-12(18)3-5-14(11)17/h2-7,15H,8,19H2,1H3. The molecule has 2 N–H and O–H groups in total. The maximum absolute atomic E-state index is 13.2. The topological polar surface area (TPSA) is 26.0 Å². The van der Waals surface area contributed by atoms with Crippen LogP contribution in [-0.2, 0) is 6.42 Å². The van der Waals surface area contributed by atoms with Gasteiger partial charge in [-0.15, -0.1) is 0 Å². The van der Waals surface area contributed by atoms with Gasteiger partial charge in [-0.05, 0) is 54.3 Å². The SMILES string of the molecule is Cc1cc(C(N)Cc2cc(F)ccc2Br)ccc1Br. The van der Waals surface area contributed by atoms with Gasteiger partial charge in [0.2, 0.25) is 0 Å². The maximum Gasteiger partial charge on any atom is 0.123 e. The van der Waals surface area contributed by atoms with Gasteiger partial charge in [0.15, 0.2) is 0 Å². The molecule has 100 valence electrons. The van der Waals surface area contributed by atoms with E-state index >= 15 is 0 Å². The first kappa shape index (κ1) is 14.7. The molecule has 2 aromatic carbocycles. The van der Waals surface area contributed by atoms with Gasteiger partial charge in [-0.25, -0.2) is 4.39 Å². The molecule has 0 amide bonds. The largest absolute Gasteiger partial charge is 0.324 e. The van der Waals surface area contributed by atoms with Gasteiger partial charge < -0.3 is 5.73 Å². The highest BCUT2D eigenvalue weighted by atomic mass is 79.9. The Labute approximate surface area is 129 Å². The summed E-state index contributed by atoms with van der Waals surface area (Å²) in [6.07, 6.45) is 0.597. The lowest BCUT2D eigenvalue weighted by Crippen LogP contribution is -2.14. The van der Waals surface area contributed by atoms with E-state index in [1.807, 2.05) is 19.1 Å². The Balaban J connectivity index is 2.22. The van der Waals surface area contributed by atoms with Gasteiger partial charge in [0.25, 0.3) is 0 Å². The van der Waals surface area contributed by atoms with Crippen LogP contribution in [0.15, 0.2) is 45.3 Å². The summed E-state index contributed by atoms with van der Waals surface area (Å²) in [6, 6.07) is 10.6. The Morgan fingerprint density at radius 1 is 1.11 bits per heavy atom. The number of aryl methyl sites for hydroxylation is 1. The third kappa shape index (κ3) is 3.65. The molecule has 0 aliphatic heterocycles. The lowest BCUT2D eigenvalue weighted by Gasteiger charge is -2.14. The molecule has 0 saturated carbocycles. The van der Waals surface area contributed by atoms with Crippen LogP contribution in [0.2, 0.25) is 0 Å². The van der Waals surface area contributed by atoms with E-state index in [9.17, 15) is 4.39 Å². The molecule has 0 aliphatic rings. The molecule has 0 aromatic heterocycles. The predicted molar refractivity (Wildman–Crippen MR) is 83.6 cm³/mol. The lowest BCUT2D eigenvalue weighted by atomic mass is 9.98. The first-order valence-corrected chi connectivity index (χ1v) is 7.51. The van der Waals surface area contributed by atoms with E-state index < -0.39 is 0 Å². The highest BCUT2D eigenvalue weighted by Crippen LogP contribution is 2.25. The molecular formula is C15H14Br2FN. The summed E-state index contributed by atoms with van der Waals surface area (Å²) in [5, 5.41) is 0. The van der Waals surface area contributed by atoms with E-state index in [0.29, 0.717) is 6.42 Å². The minimum Gasteiger partial charge on any atom is -0.324 e. The summed E-state index contributed by atoms with van der Waals surface area (Å²) in [6.45, 7) is 2.03. The van der Waals surface area contributed by atoms with Crippen molar-refractivity contribution in [1.82, 2.24) is 0 Å². The minimum absolute atomic E-state index is 0.148. The normalized spacial score (nSPS) is 12.5. The predicted octanol–water partition coefficient (Wildman–Crippen LogP) is 4.90. The molecule has 0 fully saturated rings. The molecule has 0 saturated heterocycles. The average Bonchev–Trinajstić information content (AvgIpc) is 2.37. The second-order valence-electron chi connectivity index (χ2n) is 4.55. The van der Waals surface area contributed by atoms with Crippen LogP contribution < -0.4 is 5.73 Å². The van der Waals surface area contributed by atoms with Gasteiger partial charge in [0.05, 0.1) is 0 Å². The van der Waals surface area contributed by atoms with Gasteiger partial charge in [-0.1, -0.05) is 44.0 Å². The van der Waals surface area contributed by atoms with E-state index in [-0.39, 0.29) is 11.9 Å². The summed E-state index contributed by atoms with van der Waals surface area (Å²) in [5.41, 5.74) is 9.29. The number of halogens is 3. The average molecular weight is 387 g/mol. The molecule has 0 bridgehead atoms. The minimum atomic E-state index is -0.239. The third-order valence-electron chi connectivity index (χ3n) is 3.06. The van der Waals surface area contributed by atoms with Crippen LogP contribution >= 0.6 is 31.9 Å². The van der Waals surface area contributed by atoms with Crippen molar-refractivity contribution in [1.29, 1.82) is 0 Å². The van der Waals surface area contributed by atoms with Crippen LogP contribution in [0.4, 0.5) is 4.39 Å². The van der Waals surface area contributed by atoms with E-state index in [2.05, 4.69) is 37.9 Å². The third-order valence-corrected chi connectivity index (χ3v) is 4.72. The van der Waals surface area contributed by atoms with E-state index in [4.69, 9.17) is 5.73 Å². The Kier molecular flexibility index (Phi) is 4.76. The Morgan fingerprint density at radius 2 is 1.79 bits per heavy atom. The van der Waals surface area contributed by atoms with Gasteiger partial charge in [-0.2, -0.15) is 0 Å². The van der Waals surface area contributed by atoms with Gasteiger partial charge in [-0.3, -0.25) is 0 Å². The maximum atomic E-state index is 13.2. The summed E-state index contributed by atoms with van der Waals surface area (Å²) in [7, 11) is 0. The zero-order valence-corrected chi connectivity index (χ0v) is 13.6. The first-order valence-electron chi connectivity index (χ1n) is 5.93. The van der Waals surface area contributed by atoms with Gasteiger partial charge in [0, 0.05) is 15.0 Å². The Bertz CT molecular complexity index is 599. The van der Waals surface area contributed by atoms with Crippen LogP contribution in [0.25, 0.3) is 0 Å². The Hall–Kier alpha value is -0.710. The fourth-order valence-corrected chi connectivity index (χ4v) is 2.61. The molecule has 0 radical (unpaired) electrons. The summed E-state index contributed by atoms with van der Waals surface area (Å²) >= 11 is 6.90. The van der Waals surface area contributed by atoms with Crippen LogP contribution in [0.5, 0.6) is 0 Å². The van der Waals surface area contributed by atoms with Crippen LogP contribution in [0.3, 0.4) is 0 Å². The zero-order chi connectivity index (χ0) is 14.0. The van der Waals surface area contributed by atoms with Crippen molar-refractivity contribution < 1.29 is 4.39 Å². The van der Waals surface area contributed by atoms with Crippen molar-refractivity contribution in [2.75, 3.05) is 0 Å². The van der Waals surface area contributed by atoms with E-state index in [0.717, 1.165) is 25.6 Å². The van der Waals surface area contributed by atoms with Crippen molar-refractivity contribution >= 4 is 31.9 Å². The van der Waals surface area contributed by atoms with Crippen LogP contribution in [0, 0.1) is 12.7 Å². The molecule has 1 unspecified atom stereocenters. The molecular weight excluding hydrogens is 373 g/mol. The van der Waals surface area contributed by atoms with Gasteiger partial charge >= 0.3 is 0 Å². The molecule has 2 rings (SSSR count). The van der Waals surface area contributed by atoms with Crippen molar-refractivity contribution in [3.63, 3.8) is 0 Å². The highest BCUT2D eigenvalue weighted by Gasteiger charge is 2.11. The van der Waals surface area contributed by atoms with Crippen molar-refractivity contribution in [3.05, 3.63) is 67.9 Å². The Morgan fingerprint density at radius 3 is 2.47 bits per heavy atom. The highest BCUT2D eigenvalue weighted by molar-refractivity contribution is 9.10. The van der Waals surface area contributed by atoms with Crippen LogP contribution in [-0.4, -0.2) is 0 Å². The van der Waals surface area contributed by atoms with E-state index in [1.54, 1.807) is 6.07 Å². The number of rotatable bonds is 3. The first-order chi connectivity index (χ1) is 8.97. The quantitative estimate of drug-likeness (QED) is 0.797. The number of benzene rings is 2. The van der Waals surface area contributed by atoms with Crippen molar-refractivity contribution in [2.45, 2.75) is 19.4 Å². The van der Waals surface area contributed by atoms with Crippen molar-refractivity contribution in [3.8, 4) is 0 Å². The smallest absolute Gasteiger partial charge is 0.123 e. The lowest BCUT2D eigenvalue weighted by molar-refractivity contribution is 0.621. The molecule has 19 heavy (non-hydrogen) atoms. The summed E-state index contributed by atoms with van der Waals surface area (Å²) in [4.78, 5) is 0. The molecule has 4 heteroatoms. The molecule has 1 nitrogen and oxygen atoms in total. The molecule has 1 atom stereocenters. The number of hydrogen-bond donors (Lipinski definition) is 1.